The maximum atomic E-state index is 12.6. The summed E-state index contributed by atoms with van der Waals surface area (Å²) >= 11 is 0. The first kappa shape index (κ1) is 62.6. The van der Waals surface area contributed by atoms with E-state index in [0.717, 1.165) is 96.3 Å². The van der Waals surface area contributed by atoms with Crippen molar-refractivity contribution < 1.29 is 23.8 Å². The van der Waals surface area contributed by atoms with E-state index in [1.54, 1.807) is 0 Å². The summed E-state index contributed by atoms with van der Waals surface area (Å²) in [6, 6.07) is 0. The number of rotatable bonds is 49. The molecular formula is C61H102O5. The van der Waals surface area contributed by atoms with Gasteiger partial charge in [-0.25, -0.2) is 0 Å². The Bertz CT molecular complexity index is 1310. The molecule has 5 nitrogen and oxygen atoms in total. The van der Waals surface area contributed by atoms with Gasteiger partial charge in [0.2, 0.25) is 0 Å². The van der Waals surface area contributed by atoms with Crippen molar-refractivity contribution in [1.29, 1.82) is 0 Å². The molecule has 0 saturated heterocycles. The molecule has 0 aliphatic carbocycles. The zero-order valence-electron chi connectivity index (χ0n) is 43.2. The smallest absolute Gasteiger partial charge is 0.306 e. The summed E-state index contributed by atoms with van der Waals surface area (Å²) < 4.78 is 17.4. The number of hydrogen-bond acceptors (Lipinski definition) is 5. The van der Waals surface area contributed by atoms with Gasteiger partial charge in [-0.15, -0.1) is 0 Å². The Morgan fingerprint density at radius 2 is 0.652 bits per heavy atom. The van der Waals surface area contributed by atoms with Crippen LogP contribution in [0.4, 0.5) is 0 Å². The van der Waals surface area contributed by atoms with E-state index in [-0.39, 0.29) is 25.2 Å². The summed E-state index contributed by atoms with van der Waals surface area (Å²) in [7, 11) is 0. The number of hydrogen-bond donors (Lipinski definition) is 0. The lowest BCUT2D eigenvalue weighted by atomic mass is 10.0. The molecule has 0 heterocycles. The SMILES string of the molecule is CC/C=C\C/C=C\C/C=C\C/C=C\C/C=C\C/C=C\CCC(=O)OC[C@H](COC(=O)CCCCCCC/C=C\C/C=C\C/C=C\CC)OCCCCCCCCCCCCCCCCCC. The van der Waals surface area contributed by atoms with Crippen LogP contribution in [0.3, 0.4) is 0 Å². The van der Waals surface area contributed by atoms with Crippen molar-refractivity contribution in [3.05, 3.63) is 109 Å². The highest BCUT2D eigenvalue weighted by molar-refractivity contribution is 5.70. The summed E-state index contributed by atoms with van der Waals surface area (Å²) in [5, 5.41) is 0. The first-order valence-electron chi connectivity index (χ1n) is 27.4. The third kappa shape index (κ3) is 53.2. The Hall–Kier alpha value is -3.44. The van der Waals surface area contributed by atoms with Crippen LogP contribution in [-0.2, 0) is 23.8 Å². The molecule has 0 aliphatic heterocycles. The van der Waals surface area contributed by atoms with Crippen molar-refractivity contribution in [2.75, 3.05) is 19.8 Å². The van der Waals surface area contributed by atoms with E-state index in [0.29, 0.717) is 25.9 Å². The second-order valence-electron chi connectivity index (χ2n) is 17.7. The molecule has 0 aromatic rings. The maximum absolute atomic E-state index is 12.6. The van der Waals surface area contributed by atoms with Crippen molar-refractivity contribution in [1.82, 2.24) is 0 Å². The molecule has 0 N–H and O–H groups in total. The Kier molecular flexibility index (Phi) is 53.0. The monoisotopic (exact) mass is 915 g/mol. The molecule has 66 heavy (non-hydrogen) atoms. The van der Waals surface area contributed by atoms with Gasteiger partial charge in [0.1, 0.15) is 19.3 Å². The van der Waals surface area contributed by atoms with Crippen LogP contribution in [0.5, 0.6) is 0 Å². The normalized spacial score (nSPS) is 13.1. The van der Waals surface area contributed by atoms with E-state index in [4.69, 9.17) is 14.2 Å². The molecule has 0 unspecified atom stereocenters. The maximum Gasteiger partial charge on any atom is 0.306 e. The van der Waals surface area contributed by atoms with E-state index < -0.39 is 6.10 Å². The van der Waals surface area contributed by atoms with Crippen molar-refractivity contribution in [2.24, 2.45) is 0 Å². The van der Waals surface area contributed by atoms with E-state index in [2.05, 4.69) is 124 Å². The van der Waals surface area contributed by atoms with Gasteiger partial charge in [-0.05, 0) is 89.9 Å². The molecule has 0 fully saturated rings. The van der Waals surface area contributed by atoms with Gasteiger partial charge in [-0.3, -0.25) is 9.59 Å². The minimum absolute atomic E-state index is 0.107. The number of carbonyl (C=O) groups excluding carboxylic acids is 2. The van der Waals surface area contributed by atoms with Gasteiger partial charge < -0.3 is 14.2 Å². The van der Waals surface area contributed by atoms with Crippen LogP contribution in [-0.4, -0.2) is 37.9 Å². The van der Waals surface area contributed by atoms with E-state index in [9.17, 15) is 9.59 Å². The zero-order chi connectivity index (χ0) is 47.7. The average Bonchev–Trinajstić information content (AvgIpc) is 3.32. The molecule has 376 valence electrons. The molecule has 0 amide bonds. The molecule has 1 atom stereocenters. The van der Waals surface area contributed by atoms with Crippen molar-refractivity contribution in [3.8, 4) is 0 Å². The highest BCUT2D eigenvalue weighted by Crippen LogP contribution is 2.15. The molecule has 0 saturated carbocycles. The number of carbonyl (C=O) groups is 2. The molecule has 0 aromatic carbocycles. The first-order chi connectivity index (χ1) is 32.6. The highest BCUT2D eigenvalue weighted by atomic mass is 16.6. The second kappa shape index (κ2) is 55.9. The third-order valence-electron chi connectivity index (χ3n) is 11.4. The van der Waals surface area contributed by atoms with Crippen molar-refractivity contribution >= 4 is 11.9 Å². The van der Waals surface area contributed by atoms with Gasteiger partial charge in [-0.1, -0.05) is 246 Å². The molecule has 0 bridgehead atoms. The van der Waals surface area contributed by atoms with Crippen LogP contribution >= 0.6 is 0 Å². The summed E-state index contributed by atoms with van der Waals surface area (Å²) in [5.74, 6) is -0.448. The number of unbranched alkanes of at least 4 members (excludes halogenated alkanes) is 20. The number of allylic oxidation sites excluding steroid dienone is 18. The second-order valence-corrected chi connectivity index (χ2v) is 17.7. The van der Waals surface area contributed by atoms with Crippen LogP contribution in [0.2, 0.25) is 0 Å². The Morgan fingerprint density at radius 3 is 1.06 bits per heavy atom. The fourth-order valence-corrected chi connectivity index (χ4v) is 7.29. The minimum atomic E-state index is -0.443. The fraction of sp³-hybridized carbons (Fsp3) is 0.672. The van der Waals surface area contributed by atoms with Crippen LogP contribution in [0.1, 0.15) is 239 Å². The van der Waals surface area contributed by atoms with Crippen LogP contribution in [0.25, 0.3) is 0 Å². The number of ether oxygens (including phenoxy) is 3. The minimum Gasteiger partial charge on any atom is -0.463 e. The van der Waals surface area contributed by atoms with Crippen LogP contribution in [0.15, 0.2) is 109 Å². The predicted octanol–water partition coefficient (Wildman–Crippen LogP) is 18.8. The van der Waals surface area contributed by atoms with Gasteiger partial charge >= 0.3 is 11.9 Å². The standard InChI is InChI=1S/C61H102O5/c1-4-7-10-13-16-19-22-25-28-30-31-32-34-37-40-43-46-49-52-55-61(63)66-58-59(64-56-53-50-47-44-41-38-35-29-26-23-20-17-14-11-8-5-2)57-65-60(62)54-51-48-45-42-39-36-33-27-24-21-18-15-12-9-6-3/h7,9-10,12,16,18-19,21,25,27-28,31-33,37,40,46,49,59H,4-6,8,11,13-15,17,20,22-24,26,29-30,34-36,38-39,41-45,47-48,50-58H2,1-3H3/b10-7-,12-9-,19-16-,21-18-,28-25-,32-31-,33-27-,40-37-,49-46-/t59-/m0/s1. The van der Waals surface area contributed by atoms with E-state index >= 15 is 0 Å². The largest absolute Gasteiger partial charge is 0.463 e. The molecule has 0 aromatic heterocycles. The van der Waals surface area contributed by atoms with Gasteiger partial charge in [0.25, 0.3) is 0 Å². The summed E-state index contributed by atoms with van der Waals surface area (Å²) in [6.45, 7) is 7.41. The van der Waals surface area contributed by atoms with Gasteiger partial charge in [0.15, 0.2) is 0 Å². The highest BCUT2D eigenvalue weighted by Gasteiger charge is 2.15. The molecule has 0 radical (unpaired) electrons. The van der Waals surface area contributed by atoms with Gasteiger partial charge in [0, 0.05) is 19.4 Å². The van der Waals surface area contributed by atoms with Crippen molar-refractivity contribution in [3.63, 3.8) is 0 Å². The van der Waals surface area contributed by atoms with E-state index in [1.807, 2.05) is 6.08 Å². The molecule has 0 rings (SSSR count). The Balaban J connectivity index is 4.41. The lowest BCUT2D eigenvalue weighted by Gasteiger charge is -2.18. The zero-order valence-corrected chi connectivity index (χ0v) is 43.2. The first-order valence-corrected chi connectivity index (χ1v) is 27.4. The molecular weight excluding hydrogens is 813 g/mol. The summed E-state index contributed by atoms with van der Waals surface area (Å²) in [4.78, 5) is 25.2. The van der Waals surface area contributed by atoms with Crippen molar-refractivity contribution in [2.45, 2.75) is 245 Å². The molecule has 5 heteroatoms. The van der Waals surface area contributed by atoms with Crippen LogP contribution in [0, 0.1) is 0 Å². The molecule has 0 aliphatic rings. The third-order valence-corrected chi connectivity index (χ3v) is 11.4. The molecule has 0 spiro atoms. The van der Waals surface area contributed by atoms with Gasteiger partial charge in [-0.2, -0.15) is 0 Å². The average molecular weight is 915 g/mol. The van der Waals surface area contributed by atoms with Crippen LogP contribution < -0.4 is 0 Å². The van der Waals surface area contributed by atoms with E-state index in [1.165, 1.54) is 103 Å². The topological polar surface area (TPSA) is 61.8 Å². The predicted molar refractivity (Wildman–Crippen MR) is 288 cm³/mol. The summed E-state index contributed by atoms with van der Waals surface area (Å²) in [5.41, 5.74) is 0. The fourth-order valence-electron chi connectivity index (χ4n) is 7.29. The lowest BCUT2D eigenvalue weighted by molar-refractivity contribution is -0.155. The summed E-state index contributed by atoms with van der Waals surface area (Å²) in [6.07, 6.45) is 77.1. The van der Waals surface area contributed by atoms with Gasteiger partial charge in [0.05, 0.1) is 0 Å². The quantitative estimate of drug-likeness (QED) is 0.0346. The lowest BCUT2D eigenvalue weighted by Crippen LogP contribution is -2.29. The Morgan fingerprint density at radius 1 is 0.333 bits per heavy atom. The Labute approximate surface area is 408 Å². The number of esters is 2.